The zero-order valence-corrected chi connectivity index (χ0v) is 14.0. The summed E-state index contributed by atoms with van der Waals surface area (Å²) in [5.41, 5.74) is 7.61. The fraction of sp³-hybridized carbons (Fsp3) is 0.300. The first-order valence-corrected chi connectivity index (χ1v) is 8.69. The molecule has 5 heteroatoms. The highest BCUT2D eigenvalue weighted by molar-refractivity contribution is 5.94. The van der Waals surface area contributed by atoms with Gasteiger partial charge in [-0.25, -0.2) is 0 Å². The van der Waals surface area contributed by atoms with Gasteiger partial charge in [-0.15, -0.1) is 0 Å². The molecule has 1 aliphatic rings. The van der Waals surface area contributed by atoms with Gasteiger partial charge in [0, 0.05) is 29.9 Å². The number of benzene rings is 2. The second-order valence-electron chi connectivity index (χ2n) is 6.69. The summed E-state index contributed by atoms with van der Waals surface area (Å²) in [5, 5.41) is 1.29. The number of carbonyl (C=O) groups excluding carboxylic acids is 1. The van der Waals surface area contributed by atoms with Gasteiger partial charge >= 0.3 is 0 Å². The molecule has 3 aromatic rings. The molecule has 0 saturated carbocycles. The fourth-order valence-electron chi connectivity index (χ4n) is 3.72. The van der Waals surface area contributed by atoms with Crippen LogP contribution in [0.4, 0.5) is 0 Å². The van der Waals surface area contributed by atoms with Crippen molar-refractivity contribution in [3.8, 4) is 0 Å². The van der Waals surface area contributed by atoms with Crippen LogP contribution in [-0.2, 0) is 11.3 Å². The molecule has 1 saturated heterocycles. The van der Waals surface area contributed by atoms with E-state index in [1.54, 1.807) is 0 Å². The molecule has 1 aliphatic heterocycles. The molecule has 1 fully saturated rings. The van der Waals surface area contributed by atoms with Crippen molar-refractivity contribution in [1.29, 1.82) is 0 Å². The van der Waals surface area contributed by atoms with E-state index >= 15 is 0 Å². The van der Waals surface area contributed by atoms with Crippen LogP contribution in [0.3, 0.4) is 0 Å². The average Bonchev–Trinajstić information content (AvgIpc) is 2.65. The van der Waals surface area contributed by atoms with Crippen molar-refractivity contribution in [3.05, 3.63) is 58.8 Å². The first kappa shape index (κ1) is 15.8. The monoisotopic (exact) mass is 335 g/mol. The van der Waals surface area contributed by atoms with Crippen LogP contribution < -0.4 is 11.2 Å². The van der Waals surface area contributed by atoms with Crippen LogP contribution >= 0.6 is 0 Å². The van der Waals surface area contributed by atoms with Crippen molar-refractivity contribution in [2.45, 2.75) is 25.4 Å². The lowest BCUT2D eigenvalue weighted by molar-refractivity contribution is -0.132. The lowest BCUT2D eigenvalue weighted by Crippen LogP contribution is -2.46. The normalized spacial score (nSPS) is 18.0. The summed E-state index contributed by atoms with van der Waals surface area (Å²) in [6.07, 6.45) is 1.91. The van der Waals surface area contributed by atoms with Gasteiger partial charge in [-0.05, 0) is 37.1 Å². The van der Waals surface area contributed by atoms with Gasteiger partial charge in [0.1, 0.15) is 6.54 Å². The zero-order chi connectivity index (χ0) is 17.4. The van der Waals surface area contributed by atoms with Gasteiger partial charge in [0.05, 0.1) is 11.0 Å². The molecule has 0 bridgehead atoms. The molecular formula is C20H21N3O2. The number of nitrogens with zero attached hydrogens (tertiary/aromatic N) is 2. The second-order valence-corrected chi connectivity index (χ2v) is 6.69. The number of likely N-dealkylation sites (tertiary alicyclic amines) is 1. The standard InChI is InChI=1S/C20H21N3O2/c21-14-6-5-11-22(12-14)19(24)13-23-17-9-3-1-7-15(17)20(25)16-8-2-4-10-18(16)23/h1-4,7-10,14H,5-6,11-13,21H2. The minimum absolute atomic E-state index is 0.00916. The molecule has 0 aliphatic carbocycles. The Kier molecular flexibility index (Phi) is 4.01. The maximum Gasteiger partial charge on any atom is 0.242 e. The second kappa shape index (κ2) is 6.33. The number of hydrogen-bond acceptors (Lipinski definition) is 3. The molecule has 1 unspecified atom stereocenters. The van der Waals surface area contributed by atoms with E-state index in [0.29, 0.717) is 17.3 Å². The molecule has 1 aromatic heterocycles. The summed E-state index contributed by atoms with van der Waals surface area (Å²) in [4.78, 5) is 27.4. The van der Waals surface area contributed by atoms with E-state index in [1.165, 1.54) is 0 Å². The number of pyridine rings is 1. The van der Waals surface area contributed by atoms with E-state index in [-0.39, 0.29) is 23.9 Å². The minimum atomic E-state index is 0.00916. The van der Waals surface area contributed by atoms with Crippen LogP contribution in [0.5, 0.6) is 0 Å². The van der Waals surface area contributed by atoms with Gasteiger partial charge in [-0.3, -0.25) is 9.59 Å². The number of amides is 1. The van der Waals surface area contributed by atoms with E-state index in [4.69, 9.17) is 5.73 Å². The van der Waals surface area contributed by atoms with Crippen molar-refractivity contribution in [2.75, 3.05) is 13.1 Å². The summed E-state index contributed by atoms with van der Waals surface area (Å²) in [6, 6.07) is 15.0. The third-order valence-corrected chi connectivity index (χ3v) is 4.98. The van der Waals surface area contributed by atoms with Crippen LogP contribution in [0.15, 0.2) is 53.3 Å². The Labute approximate surface area is 145 Å². The van der Waals surface area contributed by atoms with Crippen molar-refractivity contribution < 1.29 is 4.79 Å². The first-order valence-electron chi connectivity index (χ1n) is 8.69. The number of aromatic nitrogens is 1. The lowest BCUT2D eigenvalue weighted by Gasteiger charge is -2.31. The van der Waals surface area contributed by atoms with Crippen molar-refractivity contribution in [3.63, 3.8) is 0 Å². The Morgan fingerprint density at radius 3 is 2.24 bits per heavy atom. The molecule has 2 heterocycles. The number of carbonyl (C=O) groups is 1. The minimum Gasteiger partial charge on any atom is -0.340 e. The summed E-state index contributed by atoms with van der Waals surface area (Å²) in [6.45, 7) is 1.57. The van der Waals surface area contributed by atoms with Gasteiger partial charge in [0.15, 0.2) is 5.43 Å². The van der Waals surface area contributed by atoms with E-state index < -0.39 is 0 Å². The molecular weight excluding hydrogens is 314 g/mol. The Balaban J connectivity index is 1.83. The summed E-state index contributed by atoms with van der Waals surface area (Å²) < 4.78 is 1.95. The van der Waals surface area contributed by atoms with E-state index in [0.717, 1.165) is 30.4 Å². The number of nitrogens with two attached hydrogens (primary N) is 1. The SMILES string of the molecule is NC1CCCN(C(=O)Cn2c3ccccc3c(=O)c3ccccc32)C1. The van der Waals surface area contributed by atoms with Crippen molar-refractivity contribution in [2.24, 2.45) is 5.73 Å². The van der Waals surface area contributed by atoms with Crippen molar-refractivity contribution in [1.82, 2.24) is 9.47 Å². The smallest absolute Gasteiger partial charge is 0.242 e. The van der Waals surface area contributed by atoms with Gasteiger partial charge in [-0.2, -0.15) is 0 Å². The maximum atomic E-state index is 12.9. The molecule has 128 valence electrons. The highest BCUT2D eigenvalue weighted by Gasteiger charge is 2.22. The third kappa shape index (κ3) is 2.81. The first-order chi connectivity index (χ1) is 12.1. The topological polar surface area (TPSA) is 68.3 Å². The molecule has 0 radical (unpaired) electrons. The molecule has 1 atom stereocenters. The van der Waals surface area contributed by atoms with E-state index in [2.05, 4.69) is 0 Å². The molecule has 1 amide bonds. The number of rotatable bonds is 2. The molecule has 5 nitrogen and oxygen atoms in total. The number of para-hydroxylation sites is 2. The zero-order valence-electron chi connectivity index (χ0n) is 14.0. The van der Waals surface area contributed by atoms with E-state index in [1.807, 2.05) is 58.0 Å². The largest absolute Gasteiger partial charge is 0.340 e. The van der Waals surface area contributed by atoms with Crippen LogP contribution in [-0.4, -0.2) is 34.5 Å². The Bertz CT molecular complexity index is 949. The lowest BCUT2D eigenvalue weighted by atomic mass is 10.1. The van der Waals surface area contributed by atoms with Gasteiger partial charge in [-0.1, -0.05) is 24.3 Å². The Morgan fingerprint density at radius 1 is 1.04 bits per heavy atom. The van der Waals surface area contributed by atoms with E-state index in [9.17, 15) is 9.59 Å². The maximum absolute atomic E-state index is 12.9. The van der Waals surface area contributed by atoms with Crippen LogP contribution in [0.2, 0.25) is 0 Å². The van der Waals surface area contributed by atoms with Crippen LogP contribution in [0.1, 0.15) is 12.8 Å². The predicted molar refractivity (Wildman–Crippen MR) is 99.5 cm³/mol. The summed E-state index contributed by atoms with van der Waals surface area (Å²) in [5.74, 6) is 0.0501. The van der Waals surface area contributed by atoms with Crippen LogP contribution in [0.25, 0.3) is 21.8 Å². The van der Waals surface area contributed by atoms with Gasteiger partial charge in [0.2, 0.25) is 5.91 Å². The van der Waals surface area contributed by atoms with Gasteiger partial charge < -0.3 is 15.2 Å². The quantitative estimate of drug-likeness (QED) is 0.729. The highest BCUT2D eigenvalue weighted by Crippen LogP contribution is 2.20. The Morgan fingerprint density at radius 2 is 1.64 bits per heavy atom. The van der Waals surface area contributed by atoms with Crippen LogP contribution in [0, 0.1) is 0 Å². The average molecular weight is 335 g/mol. The molecule has 2 aromatic carbocycles. The predicted octanol–water partition coefficient (Wildman–Crippen LogP) is 2.10. The molecule has 25 heavy (non-hydrogen) atoms. The molecule has 0 spiro atoms. The van der Waals surface area contributed by atoms with Gasteiger partial charge in [0.25, 0.3) is 0 Å². The molecule has 2 N–H and O–H groups in total. The number of piperidine rings is 1. The summed E-state index contributed by atoms with van der Waals surface area (Å²) in [7, 11) is 0. The summed E-state index contributed by atoms with van der Waals surface area (Å²) >= 11 is 0. The third-order valence-electron chi connectivity index (χ3n) is 4.98. The number of hydrogen-bond donors (Lipinski definition) is 1. The number of fused-ring (bicyclic) bond motifs is 2. The fourth-order valence-corrected chi connectivity index (χ4v) is 3.72. The highest BCUT2D eigenvalue weighted by atomic mass is 16.2. The Hall–Kier alpha value is -2.66. The molecule has 4 rings (SSSR count). The van der Waals surface area contributed by atoms with Crippen molar-refractivity contribution >= 4 is 27.7 Å².